The summed E-state index contributed by atoms with van der Waals surface area (Å²) in [5.41, 5.74) is -2.22. The number of aliphatic hydroxyl groups is 1. The van der Waals surface area contributed by atoms with Crippen LogP contribution < -0.4 is 15.4 Å². The van der Waals surface area contributed by atoms with E-state index in [0.29, 0.717) is 17.9 Å². The lowest BCUT2D eigenvalue weighted by Crippen LogP contribution is -2.72. The molecule has 1 heterocycles. The molecule has 176 valence electrons. The quantitative estimate of drug-likeness (QED) is 0.351. The third kappa shape index (κ3) is 4.76. The van der Waals surface area contributed by atoms with Gasteiger partial charge in [0.15, 0.2) is 10.9 Å². The van der Waals surface area contributed by atoms with Gasteiger partial charge in [0, 0.05) is 5.56 Å². The summed E-state index contributed by atoms with van der Waals surface area (Å²) in [6, 6.07) is 22.1. The summed E-state index contributed by atoms with van der Waals surface area (Å²) >= 11 is 4.96. The van der Waals surface area contributed by atoms with Crippen molar-refractivity contribution in [3.05, 3.63) is 102 Å². The molecule has 0 saturated carbocycles. The summed E-state index contributed by atoms with van der Waals surface area (Å²) < 4.78 is 47.9. The minimum absolute atomic E-state index is 0.0411. The van der Waals surface area contributed by atoms with Gasteiger partial charge < -0.3 is 20.5 Å². The number of ether oxygens (including phenoxy) is 1. The van der Waals surface area contributed by atoms with E-state index in [4.69, 9.17) is 17.0 Å². The second kappa shape index (κ2) is 9.44. The molecule has 5 nitrogen and oxygen atoms in total. The van der Waals surface area contributed by atoms with Crippen LogP contribution in [0.5, 0.6) is 5.75 Å². The fourth-order valence-electron chi connectivity index (χ4n) is 3.91. The van der Waals surface area contributed by atoms with E-state index in [1.807, 2.05) is 35.6 Å². The van der Waals surface area contributed by atoms with Crippen molar-refractivity contribution in [2.45, 2.75) is 24.6 Å². The van der Waals surface area contributed by atoms with Gasteiger partial charge in [-0.2, -0.15) is 13.2 Å². The van der Waals surface area contributed by atoms with Gasteiger partial charge in [-0.15, -0.1) is 0 Å². The normalized spacial score (nSPS) is 22.4. The van der Waals surface area contributed by atoms with Gasteiger partial charge in [-0.25, -0.2) is 0 Å². The number of carbonyl (C=O) groups excluding carboxylic acids is 1. The number of Topliss-reactive ketones (excluding diaryl/α,β-unsaturated/α-hetero) is 1. The molecule has 0 amide bonds. The molecular weight excluding hydrogens is 465 g/mol. The maximum Gasteiger partial charge on any atom is 0.437 e. The van der Waals surface area contributed by atoms with Gasteiger partial charge >= 0.3 is 6.18 Å². The van der Waals surface area contributed by atoms with Crippen LogP contribution in [0.4, 0.5) is 13.2 Å². The predicted octanol–water partition coefficient (Wildman–Crippen LogP) is 4.53. The SMILES string of the molecule is O=C(c1ccccc1)[C@@H]1[C@H](c2ccc(OCc3ccccc3)cc2)NC(=S)N[C@]1(O)C(F)(F)F. The van der Waals surface area contributed by atoms with E-state index in [0.717, 1.165) is 5.56 Å². The minimum atomic E-state index is -5.18. The van der Waals surface area contributed by atoms with Crippen LogP contribution in [0.3, 0.4) is 0 Å². The van der Waals surface area contributed by atoms with E-state index in [9.17, 15) is 23.1 Å². The molecule has 0 aliphatic carbocycles. The van der Waals surface area contributed by atoms with Crippen molar-refractivity contribution < 1.29 is 27.8 Å². The Morgan fingerprint density at radius 2 is 1.56 bits per heavy atom. The van der Waals surface area contributed by atoms with Gasteiger partial charge in [0.05, 0.1) is 6.04 Å². The molecule has 0 radical (unpaired) electrons. The Morgan fingerprint density at radius 1 is 0.971 bits per heavy atom. The van der Waals surface area contributed by atoms with Crippen molar-refractivity contribution in [1.29, 1.82) is 0 Å². The molecule has 9 heteroatoms. The highest BCUT2D eigenvalue weighted by Crippen LogP contribution is 2.44. The first-order valence-electron chi connectivity index (χ1n) is 10.4. The predicted molar refractivity (Wildman–Crippen MR) is 124 cm³/mol. The monoisotopic (exact) mass is 486 g/mol. The Morgan fingerprint density at radius 3 is 2.15 bits per heavy atom. The third-order valence-corrected chi connectivity index (χ3v) is 5.85. The summed E-state index contributed by atoms with van der Waals surface area (Å²) in [6.45, 7) is 0.318. The number of ketones is 1. The summed E-state index contributed by atoms with van der Waals surface area (Å²) in [7, 11) is 0. The molecule has 1 fully saturated rings. The van der Waals surface area contributed by atoms with Crippen LogP contribution in [0, 0.1) is 5.92 Å². The topological polar surface area (TPSA) is 70.6 Å². The van der Waals surface area contributed by atoms with E-state index in [2.05, 4.69) is 5.32 Å². The molecule has 3 N–H and O–H groups in total. The Labute approximate surface area is 199 Å². The lowest BCUT2D eigenvalue weighted by atomic mass is 9.77. The van der Waals surface area contributed by atoms with Crippen molar-refractivity contribution in [2.75, 3.05) is 0 Å². The maximum atomic E-state index is 14.1. The smallest absolute Gasteiger partial charge is 0.437 e. The van der Waals surface area contributed by atoms with E-state index < -0.39 is 34.8 Å². The Bertz CT molecular complexity index is 1160. The van der Waals surface area contributed by atoms with Gasteiger partial charge in [0.2, 0.25) is 5.72 Å². The van der Waals surface area contributed by atoms with Crippen LogP contribution in [0.15, 0.2) is 84.9 Å². The van der Waals surface area contributed by atoms with Crippen LogP contribution in [0.2, 0.25) is 0 Å². The fourth-order valence-corrected chi connectivity index (χ4v) is 4.19. The zero-order chi connectivity index (χ0) is 24.3. The molecule has 3 aromatic carbocycles. The van der Waals surface area contributed by atoms with Crippen molar-refractivity contribution >= 4 is 23.1 Å². The van der Waals surface area contributed by atoms with Gasteiger partial charge in [-0.1, -0.05) is 72.8 Å². The number of carbonyl (C=O) groups is 1. The first-order chi connectivity index (χ1) is 16.2. The lowest BCUT2D eigenvalue weighted by molar-refractivity contribution is -0.285. The minimum Gasteiger partial charge on any atom is -0.489 e. The van der Waals surface area contributed by atoms with Crippen LogP contribution in [0.25, 0.3) is 0 Å². The molecule has 1 aliphatic rings. The molecule has 0 bridgehead atoms. The molecule has 1 aliphatic heterocycles. The zero-order valence-electron chi connectivity index (χ0n) is 17.8. The number of alkyl halides is 3. The van der Waals surface area contributed by atoms with Crippen LogP contribution in [0.1, 0.15) is 27.5 Å². The summed E-state index contributed by atoms with van der Waals surface area (Å²) in [5, 5.41) is 15.0. The zero-order valence-corrected chi connectivity index (χ0v) is 18.6. The second-order valence-electron chi connectivity index (χ2n) is 7.89. The van der Waals surface area contributed by atoms with E-state index in [1.54, 1.807) is 42.5 Å². The lowest BCUT2D eigenvalue weighted by Gasteiger charge is -2.46. The van der Waals surface area contributed by atoms with Crippen LogP contribution >= 0.6 is 12.2 Å². The van der Waals surface area contributed by atoms with Crippen molar-refractivity contribution in [1.82, 2.24) is 10.6 Å². The molecule has 3 aromatic rings. The van der Waals surface area contributed by atoms with Crippen molar-refractivity contribution in [2.24, 2.45) is 5.92 Å². The number of halogens is 3. The van der Waals surface area contributed by atoms with Gasteiger partial charge in [0.25, 0.3) is 0 Å². The molecule has 0 aromatic heterocycles. The van der Waals surface area contributed by atoms with Crippen molar-refractivity contribution in [3.8, 4) is 5.75 Å². The largest absolute Gasteiger partial charge is 0.489 e. The first kappa shape index (κ1) is 23.7. The third-order valence-electron chi connectivity index (χ3n) is 5.63. The number of benzene rings is 3. The van der Waals surface area contributed by atoms with Gasteiger partial charge in [-0.05, 0) is 35.5 Å². The summed E-state index contributed by atoms with van der Waals surface area (Å²) in [5.74, 6) is -2.32. The summed E-state index contributed by atoms with van der Waals surface area (Å²) in [6.07, 6.45) is -5.18. The fraction of sp³-hybridized carbons (Fsp3) is 0.200. The highest BCUT2D eigenvalue weighted by molar-refractivity contribution is 7.80. The molecule has 34 heavy (non-hydrogen) atoms. The standard InChI is InChI=1S/C25H21F3N2O3S/c26-25(27,28)24(32)20(22(31)18-9-5-2-6-10-18)21(29-23(34)30-24)17-11-13-19(14-12-17)33-15-16-7-3-1-4-8-16/h1-14,20-21,32H,15H2,(H2,29,30,34)/t20-,21-,24+/m0/s1. The molecule has 3 atom stereocenters. The first-order valence-corrected chi connectivity index (χ1v) is 10.8. The molecule has 4 rings (SSSR count). The van der Waals surface area contributed by atoms with Gasteiger partial charge in [0.1, 0.15) is 18.3 Å². The van der Waals surface area contributed by atoms with Crippen molar-refractivity contribution in [3.63, 3.8) is 0 Å². The Kier molecular flexibility index (Phi) is 6.58. The number of hydrogen-bond acceptors (Lipinski definition) is 4. The Hall–Kier alpha value is -3.43. The van der Waals surface area contributed by atoms with Gasteiger partial charge in [-0.3, -0.25) is 4.79 Å². The number of hydrogen-bond donors (Lipinski definition) is 3. The average molecular weight is 487 g/mol. The molecule has 0 spiro atoms. The molecule has 0 unspecified atom stereocenters. The summed E-state index contributed by atoms with van der Waals surface area (Å²) in [4.78, 5) is 13.3. The van der Waals surface area contributed by atoms with Crippen LogP contribution in [-0.4, -0.2) is 27.9 Å². The van der Waals surface area contributed by atoms with E-state index >= 15 is 0 Å². The van der Waals surface area contributed by atoms with E-state index in [-0.39, 0.29) is 5.56 Å². The number of thiocarbonyl (C=S) groups is 1. The Balaban J connectivity index is 1.66. The molecule has 1 saturated heterocycles. The van der Waals surface area contributed by atoms with E-state index in [1.165, 1.54) is 12.1 Å². The maximum absolute atomic E-state index is 14.1. The second-order valence-corrected chi connectivity index (χ2v) is 8.30. The number of rotatable bonds is 6. The number of nitrogens with one attached hydrogen (secondary N) is 2. The highest BCUT2D eigenvalue weighted by atomic mass is 32.1. The highest BCUT2D eigenvalue weighted by Gasteiger charge is 2.65. The average Bonchev–Trinajstić information content (AvgIpc) is 2.83. The van der Waals surface area contributed by atoms with Crippen LogP contribution in [-0.2, 0) is 6.61 Å². The molecular formula is C25H21F3N2O3S.